The first-order valence-corrected chi connectivity index (χ1v) is 5.03. The highest BCUT2D eigenvalue weighted by atomic mass is 35.5. The fourth-order valence-electron chi connectivity index (χ4n) is 1.35. The van der Waals surface area contributed by atoms with Crippen LogP contribution in [0.15, 0.2) is 36.5 Å². The number of hydrogen-bond acceptors (Lipinski definition) is 3. The first kappa shape index (κ1) is 10.8. The number of nitrogens with zero attached hydrogens (tertiary/aromatic N) is 3. The van der Waals surface area contributed by atoms with Gasteiger partial charge in [-0.25, -0.2) is 9.37 Å². The normalized spacial score (nSPS) is 10.2. The number of para-hydroxylation sites is 1. The summed E-state index contributed by atoms with van der Waals surface area (Å²) in [4.78, 5) is 9.04. The van der Waals surface area contributed by atoms with Gasteiger partial charge >= 0.3 is 0 Å². The van der Waals surface area contributed by atoms with Gasteiger partial charge in [-0.2, -0.15) is 4.98 Å². The van der Waals surface area contributed by atoms with Crippen LogP contribution in [0.5, 0.6) is 0 Å². The topological polar surface area (TPSA) is 29.0 Å². The van der Waals surface area contributed by atoms with E-state index in [2.05, 4.69) is 9.97 Å². The molecule has 2 rings (SSSR count). The molecular weight excluding hydrogens is 229 g/mol. The van der Waals surface area contributed by atoms with Crippen LogP contribution in [-0.2, 0) is 0 Å². The quantitative estimate of drug-likeness (QED) is 0.752. The molecule has 0 saturated carbocycles. The number of rotatable bonds is 2. The average molecular weight is 238 g/mol. The third-order valence-electron chi connectivity index (χ3n) is 2.16. The van der Waals surface area contributed by atoms with Crippen molar-refractivity contribution in [2.45, 2.75) is 0 Å². The van der Waals surface area contributed by atoms with E-state index in [-0.39, 0.29) is 11.1 Å². The van der Waals surface area contributed by atoms with Crippen molar-refractivity contribution >= 4 is 23.1 Å². The fraction of sp³-hybridized carbons (Fsp3) is 0.0909. The summed E-state index contributed by atoms with van der Waals surface area (Å²) in [7, 11) is 1.72. The molecule has 0 N–H and O–H groups in total. The minimum Gasteiger partial charge on any atom is -0.327 e. The van der Waals surface area contributed by atoms with Gasteiger partial charge in [-0.15, -0.1) is 0 Å². The Kier molecular flexibility index (Phi) is 3.01. The molecule has 82 valence electrons. The van der Waals surface area contributed by atoms with E-state index in [0.717, 1.165) is 11.9 Å². The number of hydrogen-bond donors (Lipinski definition) is 0. The summed E-state index contributed by atoms with van der Waals surface area (Å²) in [6.45, 7) is 0. The van der Waals surface area contributed by atoms with E-state index in [0.29, 0.717) is 0 Å². The Labute approximate surface area is 97.5 Å². The van der Waals surface area contributed by atoms with Crippen molar-refractivity contribution in [1.82, 2.24) is 9.97 Å². The van der Waals surface area contributed by atoms with E-state index in [9.17, 15) is 4.39 Å². The molecule has 1 heterocycles. The maximum atomic E-state index is 13.5. The number of halogens is 2. The van der Waals surface area contributed by atoms with Gasteiger partial charge in [-0.05, 0) is 23.7 Å². The molecular formula is C11H9ClFN3. The molecule has 1 aromatic carbocycles. The molecule has 5 heteroatoms. The second kappa shape index (κ2) is 4.45. The van der Waals surface area contributed by atoms with E-state index in [1.165, 1.54) is 0 Å². The number of aromatic nitrogens is 2. The van der Waals surface area contributed by atoms with Crippen molar-refractivity contribution in [3.05, 3.63) is 47.6 Å². The summed E-state index contributed by atoms with van der Waals surface area (Å²) in [6, 6.07) is 9.34. The highest BCUT2D eigenvalue weighted by molar-refractivity contribution is 6.28. The SMILES string of the molecule is CN(c1ccccc1)c1nc(Cl)ncc1F. The molecule has 0 amide bonds. The number of anilines is 2. The Balaban J connectivity index is 2.41. The van der Waals surface area contributed by atoms with Crippen LogP contribution in [0.1, 0.15) is 0 Å². The summed E-state index contributed by atoms with van der Waals surface area (Å²) in [6.07, 6.45) is 1.06. The van der Waals surface area contributed by atoms with Gasteiger partial charge in [0.2, 0.25) is 5.28 Å². The minimum absolute atomic E-state index is 0.0270. The predicted octanol–water partition coefficient (Wildman–Crippen LogP) is 3.04. The smallest absolute Gasteiger partial charge is 0.224 e. The predicted molar refractivity (Wildman–Crippen MR) is 61.5 cm³/mol. The van der Waals surface area contributed by atoms with Crippen LogP contribution >= 0.6 is 11.6 Å². The van der Waals surface area contributed by atoms with Crippen molar-refractivity contribution in [2.24, 2.45) is 0 Å². The van der Waals surface area contributed by atoms with E-state index >= 15 is 0 Å². The molecule has 0 atom stereocenters. The second-order valence-electron chi connectivity index (χ2n) is 3.21. The molecule has 16 heavy (non-hydrogen) atoms. The Morgan fingerprint density at radius 1 is 1.25 bits per heavy atom. The summed E-state index contributed by atoms with van der Waals surface area (Å²) in [5.41, 5.74) is 0.830. The molecule has 0 aliphatic carbocycles. The lowest BCUT2D eigenvalue weighted by Gasteiger charge is -2.18. The summed E-state index contributed by atoms with van der Waals surface area (Å²) >= 11 is 5.63. The maximum Gasteiger partial charge on any atom is 0.224 e. The van der Waals surface area contributed by atoms with Crippen molar-refractivity contribution in [3.8, 4) is 0 Å². The zero-order valence-electron chi connectivity index (χ0n) is 8.56. The fourth-order valence-corrected chi connectivity index (χ4v) is 1.48. The van der Waals surface area contributed by atoms with Crippen molar-refractivity contribution in [1.29, 1.82) is 0 Å². The molecule has 0 aliphatic heterocycles. The van der Waals surface area contributed by atoms with Gasteiger partial charge in [0, 0.05) is 12.7 Å². The van der Waals surface area contributed by atoms with E-state index < -0.39 is 5.82 Å². The summed E-state index contributed by atoms with van der Waals surface area (Å²) in [5.74, 6) is -0.345. The molecule has 1 aromatic heterocycles. The lowest BCUT2D eigenvalue weighted by Crippen LogP contribution is -2.13. The first-order valence-electron chi connectivity index (χ1n) is 4.65. The lowest BCUT2D eigenvalue weighted by molar-refractivity contribution is 0.613. The third kappa shape index (κ3) is 2.12. The Morgan fingerprint density at radius 2 is 1.94 bits per heavy atom. The Morgan fingerprint density at radius 3 is 2.62 bits per heavy atom. The summed E-state index contributed by atoms with van der Waals surface area (Å²) in [5, 5.41) is 0.0270. The maximum absolute atomic E-state index is 13.5. The molecule has 2 aromatic rings. The van der Waals surface area contributed by atoms with Gasteiger partial charge in [0.25, 0.3) is 0 Å². The van der Waals surface area contributed by atoms with Crippen LogP contribution in [-0.4, -0.2) is 17.0 Å². The molecule has 0 bridgehead atoms. The molecule has 0 spiro atoms. The van der Waals surface area contributed by atoms with Crippen LogP contribution in [0.25, 0.3) is 0 Å². The van der Waals surface area contributed by atoms with E-state index in [1.54, 1.807) is 11.9 Å². The van der Waals surface area contributed by atoms with Crippen LogP contribution < -0.4 is 4.90 Å². The molecule has 0 saturated heterocycles. The third-order valence-corrected chi connectivity index (χ3v) is 2.34. The highest BCUT2D eigenvalue weighted by Crippen LogP contribution is 2.24. The van der Waals surface area contributed by atoms with Crippen LogP contribution in [0, 0.1) is 5.82 Å². The van der Waals surface area contributed by atoms with Crippen LogP contribution in [0.3, 0.4) is 0 Å². The van der Waals surface area contributed by atoms with Crippen molar-refractivity contribution in [2.75, 3.05) is 11.9 Å². The number of benzene rings is 1. The average Bonchev–Trinajstić information content (AvgIpc) is 2.32. The Bertz CT molecular complexity index is 490. The van der Waals surface area contributed by atoms with Gasteiger partial charge < -0.3 is 4.90 Å². The standard InChI is InChI=1S/C11H9ClFN3/c1-16(8-5-3-2-4-6-8)10-9(13)7-14-11(12)15-10/h2-7H,1H3. The highest BCUT2D eigenvalue weighted by Gasteiger charge is 2.12. The van der Waals surface area contributed by atoms with Crippen molar-refractivity contribution < 1.29 is 4.39 Å². The monoisotopic (exact) mass is 237 g/mol. The van der Waals surface area contributed by atoms with E-state index in [1.807, 2.05) is 30.3 Å². The zero-order chi connectivity index (χ0) is 11.5. The lowest BCUT2D eigenvalue weighted by atomic mass is 10.3. The van der Waals surface area contributed by atoms with Crippen LogP contribution in [0.4, 0.5) is 15.9 Å². The minimum atomic E-state index is -0.504. The first-order chi connectivity index (χ1) is 7.68. The van der Waals surface area contributed by atoms with Gasteiger partial charge in [-0.1, -0.05) is 18.2 Å². The summed E-state index contributed by atoms with van der Waals surface area (Å²) < 4.78 is 13.5. The van der Waals surface area contributed by atoms with Crippen LogP contribution in [0.2, 0.25) is 5.28 Å². The van der Waals surface area contributed by atoms with Crippen molar-refractivity contribution in [3.63, 3.8) is 0 Å². The molecule has 0 unspecified atom stereocenters. The van der Waals surface area contributed by atoms with Gasteiger partial charge in [0.15, 0.2) is 11.6 Å². The van der Waals surface area contributed by atoms with Gasteiger partial charge in [0.05, 0.1) is 6.20 Å². The van der Waals surface area contributed by atoms with Gasteiger partial charge in [0.1, 0.15) is 0 Å². The Hall–Kier alpha value is -1.68. The van der Waals surface area contributed by atoms with Gasteiger partial charge in [-0.3, -0.25) is 0 Å². The second-order valence-corrected chi connectivity index (χ2v) is 3.54. The zero-order valence-corrected chi connectivity index (χ0v) is 9.32. The van der Waals surface area contributed by atoms with E-state index in [4.69, 9.17) is 11.6 Å². The largest absolute Gasteiger partial charge is 0.327 e. The molecule has 3 nitrogen and oxygen atoms in total. The molecule has 0 fully saturated rings. The molecule has 0 aliphatic rings. The molecule has 0 radical (unpaired) electrons.